The lowest BCUT2D eigenvalue weighted by Gasteiger charge is -2.06. The number of fused-ring (bicyclic) bond motifs is 1. The van der Waals surface area contributed by atoms with Gasteiger partial charge in [0.05, 0.1) is 0 Å². The Kier molecular flexibility index (Phi) is 3.07. The first-order valence-corrected chi connectivity index (χ1v) is 5.71. The second kappa shape index (κ2) is 4.33. The highest BCUT2D eigenvalue weighted by molar-refractivity contribution is 9.10. The zero-order valence-corrected chi connectivity index (χ0v) is 10.3. The van der Waals surface area contributed by atoms with E-state index < -0.39 is 0 Å². The van der Waals surface area contributed by atoms with Gasteiger partial charge in [0.2, 0.25) is 0 Å². The van der Waals surface area contributed by atoms with Crippen molar-refractivity contribution in [2.45, 2.75) is 19.4 Å². The molecule has 0 saturated carbocycles. The smallest absolute Gasteiger partial charge is 0.146 e. The molecule has 0 spiro atoms. The fourth-order valence-corrected chi connectivity index (χ4v) is 1.95. The number of benzene rings is 1. The highest BCUT2D eigenvalue weighted by Crippen LogP contribution is 2.26. The van der Waals surface area contributed by atoms with E-state index in [2.05, 4.69) is 33.3 Å². The SMILES string of the molecule is CNC(C)Cc1onc2c(Br)cccc12. The molecule has 2 aromatic rings. The standard InChI is InChI=1S/C11H13BrN2O/c1-7(13-2)6-10-8-4-3-5-9(12)11(8)14-15-10/h3-5,7,13H,6H2,1-2H3. The number of nitrogens with zero attached hydrogens (tertiary/aromatic N) is 1. The number of nitrogens with one attached hydrogen (secondary N) is 1. The van der Waals surface area contributed by atoms with Gasteiger partial charge in [0, 0.05) is 22.3 Å². The summed E-state index contributed by atoms with van der Waals surface area (Å²) in [4.78, 5) is 0. The molecule has 0 amide bonds. The second-order valence-electron chi connectivity index (χ2n) is 3.64. The summed E-state index contributed by atoms with van der Waals surface area (Å²) >= 11 is 3.46. The molecule has 1 N–H and O–H groups in total. The highest BCUT2D eigenvalue weighted by Gasteiger charge is 2.12. The summed E-state index contributed by atoms with van der Waals surface area (Å²) in [5.74, 6) is 0.938. The van der Waals surface area contributed by atoms with Crippen molar-refractivity contribution >= 4 is 26.8 Å². The zero-order chi connectivity index (χ0) is 10.8. The van der Waals surface area contributed by atoms with Crippen molar-refractivity contribution in [2.24, 2.45) is 0 Å². The quantitative estimate of drug-likeness (QED) is 0.931. The van der Waals surface area contributed by atoms with Crippen LogP contribution in [0.15, 0.2) is 27.2 Å². The first-order chi connectivity index (χ1) is 7.22. The largest absolute Gasteiger partial charge is 0.360 e. The molecule has 2 rings (SSSR count). The highest BCUT2D eigenvalue weighted by atomic mass is 79.9. The van der Waals surface area contributed by atoms with Gasteiger partial charge >= 0.3 is 0 Å². The zero-order valence-electron chi connectivity index (χ0n) is 8.75. The molecule has 3 nitrogen and oxygen atoms in total. The van der Waals surface area contributed by atoms with Crippen molar-refractivity contribution in [3.63, 3.8) is 0 Å². The van der Waals surface area contributed by atoms with Crippen molar-refractivity contribution in [2.75, 3.05) is 7.05 Å². The van der Waals surface area contributed by atoms with E-state index >= 15 is 0 Å². The fraction of sp³-hybridized carbons (Fsp3) is 0.364. The van der Waals surface area contributed by atoms with Crippen LogP contribution >= 0.6 is 15.9 Å². The summed E-state index contributed by atoms with van der Waals surface area (Å²) in [6.07, 6.45) is 0.851. The number of halogens is 1. The molecule has 4 heteroatoms. The van der Waals surface area contributed by atoms with Gasteiger partial charge in [0.25, 0.3) is 0 Å². The third-order valence-corrected chi connectivity index (χ3v) is 3.16. The van der Waals surface area contributed by atoms with E-state index in [4.69, 9.17) is 4.52 Å². The number of hydrogen-bond acceptors (Lipinski definition) is 3. The van der Waals surface area contributed by atoms with Crippen molar-refractivity contribution < 1.29 is 4.52 Å². The predicted octanol–water partition coefficient (Wildman–Crippen LogP) is 2.74. The van der Waals surface area contributed by atoms with Gasteiger partial charge < -0.3 is 9.84 Å². The lowest BCUT2D eigenvalue weighted by Crippen LogP contribution is -2.23. The summed E-state index contributed by atoms with van der Waals surface area (Å²) in [6.45, 7) is 2.12. The van der Waals surface area contributed by atoms with E-state index in [1.165, 1.54) is 0 Å². The lowest BCUT2D eigenvalue weighted by molar-refractivity contribution is 0.377. The summed E-state index contributed by atoms with van der Waals surface area (Å²) in [5, 5.41) is 8.33. The number of rotatable bonds is 3. The molecule has 80 valence electrons. The Balaban J connectivity index is 2.41. The van der Waals surface area contributed by atoms with Gasteiger partial charge in [-0.15, -0.1) is 0 Å². The predicted molar refractivity (Wildman–Crippen MR) is 63.9 cm³/mol. The van der Waals surface area contributed by atoms with Crippen LogP contribution in [-0.2, 0) is 6.42 Å². The van der Waals surface area contributed by atoms with Crippen molar-refractivity contribution in [3.05, 3.63) is 28.4 Å². The Hall–Kier alpha value is -0.870. The number of likely N-dealkylation sites (N-methyl/N-ethyl adjacent to an activating group) is 1. The van der Waals surface area contributed by atoms with E-state index in [9.17, 15) is 0 Å². The van der Waals surface area contributed by atoms with E-state index in [0.29, 0.717) is 6.04 Å². The van der Waals surface area contributed by atoms with Crippen molar-refractivity contribution in [1.29, 1.82) is 0 Å². The molecule has 1 aromatic carbocycles. The van der Waals surface area contributed by atoms with Crippen molar-refractivity contribution in [3.8, 4) is 0 Å². The van der Waals surface area contributed by atoms with E-state index in [0.717, 1.165) is 27.6 Å². The lowest BCUT2D eigenvalue weighted by atomic mass is 10.1. The number of aromatic nitrogens is 1. The molecule has 0 aliphatic heterocycles. The molecule has 0 saturated heterocycles. The van der Waals surface area contributed by atoms with Crippen LogP contribution in [0.2, 0.25) is 0 Å². The minimum Gasteiger partial charge on any atom is -0.360 e. The molecular formula is C11H13BrN2O. The van der Waals surface area contributed by atoms with Crippen LogP contribution in [0, 0.1) is 0 Å². The van der Waals surface area contributed by atoms with Crippen LogP contribution in [0.4, 0.5) is 0 Å². The third-order valence-electron chi connectivity index (χ3n) is 2.52. The third kappa shape index (κ3) is 2.06. The summed E-state index contributed by atoms with van der Waals surface area (Å²) in [6, 6.07) is 6.39. The van der Waals surface area contributed by atoms with Gasteiger partial charge in [-0.2, -0.15) is 0 Å². The van der Waals surface area contributed by atoms with Gasteiger partial charge in [-0.1, -0.05) is 11.2 Å². The molecule has 15 heavy (non-hydrogen) atoms. The topological polar surface area (TPSA) is 38.1 Å². The Bertz CT molecular complexity index is 467. The normalized spacial score (nSPS) is 13.3. The van der Waals surface area contributed by atoms with Crippen LogP contribution in [0.5, 0.6) is 0 Å². The maximum Gasteiger partial charge on any atom is 0.146 e. The second-order valence-corrected chi connectivity index (χ2v) is 4.49. The molecule has 1 atom stereocenters. The van der Waals surface area contributed by atoms with E-state index in [1.54, 1.807) is 0 Å². The van der Waals surface area contributed by atoms with E-state index in [-0.39, 0.29) is 0 Å². The average Bonchev–Trinajstić information content (AvgIpc) is 2.63. The van der Waals surface area contributed by atoms with Crippen LogP contribution in [-0.4, -0.2) is 18.2 Å². The molecule has 1 heterocycles. The fourth-order valence-electron chi connectivity index (χ4n) is 1.51. The van der Waals surface area contributed by atoms with Gasteiger partial charge in [-0.3, -0.25) is 0 Å². The first-order valence-electron chi connectivity index (χ1n) is 4.92. The Morgan fingerprint density at radius 2 is 2.33 bits per heavy atom. The minimum atomic E-state index is 0.389. The minimum absolute atomic E-state index is 0.389. The molecule has 0 bridgehead atoms. The van der Waals surface area contributed by atoms with E-state index in [1.807, 2.05) is 25.2 Å². The monoisotopic (exact) mass is 268 g/mol. The maximum absolute atomic E-state index is 5.35. The number of hydrogen-bond donors (Lipinski definition) is 1. The summed E-state index contributed by atoms with van der Waals surface area (Å²) < 4.78 is 6.33. The average molecular weight is 269 g/mol. The maximum atomic E-state index is 5.35. The van der Waals surface area contributed by atoms with Crippen molar-refractivity contribution in [1.82, 2.24) is 10.5 Å². The molecule has 0 radical (unpaired) electrons. The van der Waals surface area contributed by atoms with Crippen LogP contribution in [0.3, 0.4) is 0 Å². The van der Waals surface area contributed by atoms with Crippen LogP contribution in [0.25, 0.3) is 10.9 Å². The van der Waals surface area contributed by atoms with Crippen LogP contribution in [0.1, 0.15) is 12.7 Å². The molecule has 0 aliphatic rings. The Labute approximate surface area is 97.0 Å². The molecule has 1 unspecified atom stereocenters. The Morgan fingerprint density at radius 1 is 1.53 bits per heavy atom. The van der Waals surface area contributed by atoms with Crippen LogP contribution < -0.4 is 5.32 Å². The van der Waals surface area contributed by atoms with Gasteiger partial charge in [-0.25, -0.2) is 0 Å². The Morgan fingerprint density at radius 3 is 3.07 bits per heavy atom. The molecular weight excluding hydrogens is 256 g/mol. The summed E-state index contributed by atoms with van der Waals surface area (Å²) in [5.41, 5.74) is 0.899. The first kappa shape index (κ1) is 10.6. The van der Waals surface area contributed by atoms with Gasteiger partial charge in [-0.05, 0) is 42.0 Å². The van der Waals surface area contributed by atoms with Gasteiger partial charge in [0.1, 0.15) is 11.3 Å². The van der Waals surface area contributed by atoms with Gasteiger partial charge in [0.15, 0.2) is 0 Å². The molecule has 0 aliphatic carbocycles. The molecule has 1 aromatic heterocycles. The molecule has 0 fully saturated rings. The summed E-state index contributed by atoms with van der Waals surface area (Å²) in [7, 11) is 1.94.